The van der Waals surface area contributed by atoms with Gasteiger partial charge in [0.05, 0.1) is 30.4 Å². The fraction of sp³-hybridized carbons (Fsp3) is 0.125. The minimum absolute atomic E-state index is 0.0437. The lowest BCUT2D eigenvalue weighted by atomic mass is 10.1. The molecule has 1 heterocycles. The molecule has 0 saturated carbocycles. The summed E-state index contributed by atoms with van der Waals surface area (Å²) < 4.78 is 9.97. The van der Waals surface area contributed by atoms with E-state index >= 15 is 0 Å². The highest BCUT2D eigenvalue weighted by molar-refractivity contribution is 9.10. The Labute approximate surface area is 151 Å². The molecular formula is C16H13BrN2O6. The maximum absolute atomic E-state index is 12.3. The molecule has 2 rings (SSSR count). The van der Waals surface area contributed by atoms with Gasteiger partial charge in [-0.25, -0.2) is 9.59 Å². The molecule has 0 unspecified atom stereocenters. The number of benzene rings is 1. The topological polar surface area (TPSA) is 99.0 Å². The molecule has 1 aliphatic heterocycles. The first kappa shape index (κ1) is 18.4. The molecule has 0 fully saturated rings. The largest absolute Gasteiger partial charge is 0.465 e. The predicted molar refractivity (Wildman–Crippen MR) is 92.6 cm³/mol. The van der Waals surface area contributed by atoms with Crippen LogP contribution in [0.3, 0.4) is 0 Å². The Morgan fingerprint density at radius 1 is 1.16 bits per heavy atom. The number of non-ortho nitro benzene ring substituents is 1. The highest BCUT2D eigenvalue weighted by Gasteiger charge is 2.29. The van der Waals surface area contributed by atoms with Gasteiger partial charge in [-0.05, 0) is 34.1 Å². The number of esters is 2. The average Bonchev–Trinajstić information content (AvgIpc) is 2.83. The number of rotatable bonds is 4. The smallest absolute Gasteiger partial charge is 0.355 e. The van der Waals surface area contributed by atoms with Gasteiger partial charge in [0, 0.05) is 22.8 Å². The maximum Gasteiger partial charge on any atom is 0.355 e. The fourth-order valence-corrected chi connectivity index (χ4v) is 2.59. The SMILES string of the molecule is COC(=O)C1=C(C(=O)OC)N(c2cc([N+](=O)[O-])ccc2Br)C=CC=C1. The van der Waals surface area contributed by atoms with Crippen LogP contribution in [0.4, 0.5) is 11.4 Å². The van der Waals surface area contributed by atoms with Crippen LogP contribution in [0.25, 0.3) is 0 Å². The highest BCUT2D eigenvalue weighted by Crippen LogP contribution is 2.35. The Kier molecular flexibility index (Phi) is 5.71. The van der Waals surface area contributed by atoms with Crippen molar-refractivity contribution in [2.24, 2.45) is 0 Å². The minimum Gasteiger partial charge on any atom is -0.465 e. The zero-order valence-electron chi connectivity index (χ0n) is 13.3. The molecule has 0 amide bonds. The monoisotopic (exact) mass is 408 g/mol. The number of carbonyl (C=O) groups excluding carboxylic acids is 2. The van der Waals surface area contributed by atoms with Crippen molar-refractivity contribution in [1.82, 2.24) is 0 Å². The number of nitro groups is 1. The van der Waals surface area contributed by atoms with Crippen molar-refractivity contribution in [2.45, 2.75) is 0 Å². The number of nitrogens with zero attached hydrogens (tertiary/aromatic N) is 2. The Bertz CT molecular complexity index is 828. The molecule has 0 aliphatic carbocycles. The van der Waals surface area contributed by atoms with Gasteiger partial charge in [-0.15, -0.1) is 0 Å². The maximum atomic E-state index is 12.3. The van der Waals surface area contributed by atoms with Crippen molar-refractivity contribution in [1.29, 1.82) is 0 Å². The van der Waals surface area contributed by atoms with Gasteiger partial charge >= 0.3 is 11.9 Å². The summed E-state index contributed by atoms with van der Waals surface area (Å²) in [7, 11) is 2.35. The lowest BCUT2D eigenvalue weighted by Gasteiger charge is -2.23. The van der Waals surface area contributed by atoms with Crippen LogP contribution in [-0.4, -0.2) is 31.1 Å². The van der Waals surface area contributed by atoms with E-state index in [2.05, 4.69) is 15.9 Å². The standard InChI is InChI=1S/C16H13BrN2O6/c1-24-15(20)11-5-3-4-8-18(14(11)16(21)25-2)13-9-10(19(22)23)6-7-12(13)17/h3-9H,1-2H3. The summed E-state index contributed by atoms with van der Waals surface area (Å²) in [6.45, 7) is 0. The molecule has 0 N–H and O–H groups in total. The van der Waals surface area contributed by atoms with E-state index in [4.69, 9.17) is 9.47 Å². The minimum atomic E-state index is -0.796. The summed E-state index contributed by atoms with van der Waals surface area (Å²) in [5, 5.41) is 11.1. The second-order valence-corrected chi connectivity index (χ2v) is 5.56. The first-order valence-corrected chi connectivity index (χ1v) is 7.69. The van der Waals surface area contributed by atoms with E-state index in [9.17, 15) is 19.7 Å². The summed E-state index contributed by atoms with van der Waals surface area (Å²) in [6.07, 6.45) is 6.01. The first-order chi connectivity index (χ1) is 11.9. The number of nitro benzene ring substituents is 1. The second kappa shape index (κ2) is 7.75. The highest BCUT2D eigenvalue weighted by atomic mass is 79.9. The van der Waals surface area contributed by atoms with Gasteiger partial charge in [-0.3, -0.25) is 10.1 Å². The number of hydrogen-bond acceptors (Lipinski definition) is 7. The van der Waals surface area contributed by atoms with Crippen molar-refractivity contribution in [3.63, 3.8) is 0 Å². The van der Waals surface area contributed by atoms with Crippen molar-refractivity contribution in [3.8, 4) is 0 Å². The van der Waals surface area contributed by atoms with Crippen LogP contribution in [0, 0.1) is 10.1 Å². The molecule has 9 heteroatoms. The molecule has 8 nitrogen and oxygen atoms in total. The molecule has 0 aromatic heterocycles. The molecule has 0 bridgehead atoms. The van der Waals surface area contributed by atoms with Crippen LogP contribution < -0.4 is 4.90 Å². The lowest BCUT2D eigenvalue weighted by molar-refractivity contribution is -0.384. The van der Waals surface area contributed by atoms with E-state index in [1.165, 1.54) is 49.6 Å². The summed E-state index contributed by atoms with van der Waals surface area (Å²) in [5.74, 6) is -1.54. The number of ether oxygens (including phenoxy) is 2. The van der Waals surface area contributed by atoms with Crippen molar-refractivity contribution in [3.05, 3.63) is 68.5 Å². The van der Waals surface area contributed by atoms with E-state index in [0.29, 0.717) is 4.47 Å². The summed E-state index contributed by atoms with van der Waals surface area (Å²) in [5.41, 5.74) is -0.0538. The fourth-order valence-electron chi connectivity index (χ4n) is 2.15. The number of hydrogen-bond donors (Lipinski definition) is 0. The molecule has 0 saturated heterocycles. The molecule has 1 aliphatic rings. The van der Waals surface area contributed by atoms with Crippen molar-refractivity contribution < 1.29 is 24.0 Å². The van der Waals surface area contributed by atoms with E-state index < -0.39 is 16.9 Å². The van der Waals surface area contributed by atoms with Gasteiger partial charge in [0.1, 0.15) is 5.70 Å². The number of allylic oxidation sites excluding steroid dienone is 2. The summed E-state index contributed by atoms with van der Waals surface area (Å²) in [4.78, 5) is 36.2. The van der Waals surface area contributed by atoms with Crippen LogP contribution in [-0.2, 0) is 19.1 Å². The van der Waals surface area contributed by atoms with Crippen molar-refractivity contribution in [2.75, 3.05) is 19.1 Å². The molecular weight excluding hydrogens is 396 g/mol. The quantitative estimate of drug-likeness (QED) is 0.428. The van der Waals surface area contributed by atoms with Gasteiger partial charge in [0.15, 0.2) is 0 Å². The Hall–Kier alpha value is -2.94. The molecule has 0 radical (unpaired) electrons. The Morgan fingerprint density at radius 3 is 2.44 bits per heavy atom. The van der Waals surface area contributed by atoms with Crippen LogP contribution in [0.5, 0.6) is 0 Å². The molecule has 1 aromatic rings. The van der Waals surface area contributed by atoms with Crippen molar-refractivity contribution >= 4 is 39.2 Å². The molecule has 130 valence electrons. The molecule has 0 spiro atoms. The van der Waals surface area contributed by atoms with Gasteiger partial charge in [0.25, 0.3) is 5.69 Å². The molecule has 25 heavy (non-hydrogen) atoms. The van der Waals surface area contributed by atoms with Gasteiger partial charge in [-0.2, -0.15) is 0 Å². The van der Waals surface area contributed by atoms with Crippen LogP contribution in [0.1, 0.15) is 0 Å². The third-order valence-electron chi connectivity index (χ3n) is 3.29. The number of halogens is 1. The molecule has 1 aromatic carbocycles. The zero-order chi connectivity index (χ0) is 18.6. The van der Waals surface area contributed by atoms with Gasteiger partial charge < -0.3 is 14.4 Å². The average molecular weight is 409 g/mol. The zero-order valence-corrected chi connectivity index (χ0v) is 14.8. The second-order valence-electron chi connectivity index (χ2n) is 4.71. The third kappa shape index (κ3) is 3.77. The Morgan fingerprint density at radius 2 is 1.84 bits per heavy atom. The van der Waals surface area contributed by atoms with Gasteiger partial charge in [-0.1, -0.05) is 6.08 Å². The van der Waals surface area contributed by atoms with E-state index in [-0.39, 0.29) is 22.6 Å². The Balaban J connectivity index is 2.73. The van der Waals surface area contributed by atoms with Crippen LogP contribution >= 0.6 is 15.9 Å². The molecule has 0 atom stereocenters. The first-order valence-electron chi connectivity index (χ1n) is 6.89. The van der Waals surface area contributed by atoms with Crippen LogP contribution in [0.15, 0.2) is 58.4 Å². The summed E-state index contributed by atoms with van der Waals surface area (Å²) >= 11 is 3.30. The van der Waals surface area contributed by atoms with E-state index in [0.717, 1.165) is 0 Å². The van der Waals surface area contributed by atoms with Crippen LogP contribution in [0.2, 0.25) is 0 Å². The van der Waals surface area contributed by atoms with E-state index in [1.807, 2.05) is 0 Å². The predicted octanol–water partition coefficient (Wildman–Crippen LogP) is 2.85. The normalized spacial score (nSPS) is 13.5. The summed E-state index contributed by atoms with van der Waals surface area (Å²) in [6, 6.07) is 4.07. The number of carbonyl (C=O) groups is 2. The lowest BCUT2D eigenvalue weighted by Crippen LogP contribution is -2.27. The van der Waals surface area contributed by atoms with E-state index in [1.54, 1.807) is 12.2 Å². The number of methoxy groups -OCH3 is 2. The van der Waals surface area contributed by atoms with Gasteiger partial charge in [0.2, 0.25) is 0 Å². The third-order valence-corrected chi connectivity index (χ3v) is 3.96. The number of anilines is 1.